The minimum atomic E-state index is 0.519. The zero-order chi connectivity index (χ0) is 10.6. The summed E-state index contributed by atoms with van der Waals surface area (Å²) in [6, 6.07) is 1.04. The van der Waals surface area contributed by atoms with E-state index >= 15 is 0 Å². The van der Waals surface area contributed by atoms with Crippen LogP contribution in [-0.4, -0.2) is 61.2 Å². The lowest BCUT2D eigenvalue weighted by Crippen LogP contribution is -2.54. The molecular formula is C10H24N4. The van der Waals surface area contributed by atoms with Gasteiger partial charge in [0.15, 0.2) is 0 Å². The van der Waals surface area contributed by atoms with Gasteiger partial charge in [0.25, 0.3) is 0 Å². The van der Waals surface area contributed by atoms with Gasteiger partial charge < -0.3 is 11.5 Å². The fourth-order valence-corrected chi connectivity index (χ4v) is 1.92. The average Bonchev–Trinajstić information content (AvgIpc) is 2.27. The lowest BCUT2D eigenvalue weighted by molar-refractivity contribution is 0.0830. The van der Waals surface area contributed by atoms with Crippen molar-refractivity contribution < 1.29 is 0 Å². The highest BCUT2D eigenvalue weighted by atomic mass is 15.3. The quantitative estimate of drug-likeness (QED) is 0.630. The van der Waals surface area contributed by atoms with Crippen molar-refractivity contribution in [2.24, 2.45) is 11.5 Å². The molecular weight excluding hydrogens is 176 g/mol. The SMILES string of the molecule is CC(CN)N1CCN(C(C)CN)CC1. The minimum absolute atomic E-state index is 0.519. The molecule has 4 heteroatoms. The molecule has 2 atom stereocenters. The number of piperazine rings is 1. The number of rotatable bonds is 4. The predicted octanol–water partition coefficient (Wildman–Crippen LogP) is -0.702. The summed E-state index contributed by atoms with van der Waals surface area (Å²) in [5, 5.41) is 0. The van der Waals surface area contributed by atoms with Crippen molar-refractivity contribution in [3.05, 3.63) is 0 Å². The van der Waals surface area contributed by atoms with Crippen molar-refractivity contribution in [1.29, 1.82) is 0 Å². The second-order valence-electron chi connectivity index (χ2n) is 4.24. The Kier molecular flexibility index (Phi) is 4.81. The van der Waals surface area contributed by atoms with Crippen molar-refractivity contribution in [1.82, 2.24) is 9.80 Å². The first-order valence-electron chi connectivity index (χ1n) is 5.57. The number of hydrogen-bond donors (Lipinski definition) is 2. The molecule has 0 bridgehead atoms. The number of nitrogens with two attached hydrogens (primary N) is 2. The van der Waals surface area contributed by atoms with E-state index in [0.717, 1.165) is 39.3 Å². The van der Waals surface area contributed by atoms with E-state index in [9.17, 15) is 0 Å². The molecule has 0 aliphatic carbocycles. The van der Waals surface area contributed by atoms with Crippen molar-refractivity contribution in [3.8, 4) is 0 Å². The van der Waals surface area contributed by atoms with Crippen LogP contribution < -0.4 is 11.5 Å². The Morgan fingerprint density at radius 3 is 1.36 bits per heavy atom. The van der Waals surface area contributed by atoms with Gasteiger partial charge in [-0.15, -0.1) is 0 Å². The number of hydrogen-bond acceptors (Lipinski definition) is 4. The molecule has 0 aromatic rings. The van der Waals surface area contributed by atoms with Gasteiger partial charge in [0.05, 0.1) is 0 Å². The van der Waals surface area contributed by atoms with E-state index in [4.69, 9.17) is 11.5 Å². The van der Waals surface area contributed by atoms with Crippen LogP contribution in [0.3, 0.4) is 0 Å². The molecule has 1 rings (SSSR count). The van der Waals surface area contributed by atoms with Crippen LogP contribution in [0, 0.1) is 0 Å². The Bertz CT molecular complexity index is 136. The fraction of sp³-hybridized carbons (Fsp3) is 1.00. The van der Waals surface area contributed by atoms with Gasteiger partial charge in [-0.1, -0.05) is 0 Å². The Balaban J connectivity index is 2.31. The second kappa shape index (κ2) is 5.66. The minimum Gasteiger partial charge on any atom is -0.329 e. The largest absolute Gasteiger partial charge is 0.329 e. The third-order valence-corrected chi connectivity index (χ3v) is 3.28. The van der Waals surface area contributed by atoms with Gasteiger partial charge in [-0.05, 0) is 13.8 Å². The van der Waals surface area contributed by atoms with Crippen LogP contribution in [-0.2, 0) is 0 Å². The van der Waals surface area contributed by atoms with E-state index in [1.54, 1.807) is 0 Å². The van der Waals surface area contributed by atoms with Crippen LogP contribution in [0.2, 0.25) is 0 Å². The van der Waals surface area contributed by atoms with Crippen LogP contribution in [0.15, 0.2) is 0 Å². The van der Waals surface area contributed by atoms with Gasteiger partial charge in [-0.25, -0.2) is 0 Å². The number of nitrogens with zero attached hydrogens (tertiary/aromatic N) is 2. The normalized spacial score (nSPS) is 24.9. The van der Waals surface area contributed by atoms with Gasteiger partial charge in [0.2, 0.25) is 0 Å². The monoisotopic (exact) mass is 200 g/mol. The van der Waals surface area contributed by atoms with E-state index in [2.05, 4.69) is 23.6 Å². The molecule has 0 spiro atoms. The molecule has 1 saturated heterocycles. The molecule has 1 aliphatic heterocycles. The molecule has 14 heavy (non-hydrogen) atoms. The van der Waals surface area contributed by atoms with Crippen LogP contribution in [0.5, 0.6) is 0 Å². The van der Waals surface area contributed by atoms with Crippen LogP contribution >= 0.6 is 0 Å². The molecule has 4 nitrogen and oxygen atoms in total. The average molecular weight is 200 g/mol. The molecule has 0 radical (unpaired) electrons. The molecule has 1 fully saturated rings. The first-order valence-corrected chi connectivity index (χ1v) is 5.57. The van der Waals surface area contributed by atoms with E-state index in [1.807, 2.05) is 0 Å². The zero-order valence-electron chi connectivity index (χ0n) is 9.45. The van der Waals surface area contributed by atoms with Gasteiger partial charge >= 0.3 is 0 Å². The van der Waals surface area contributed by atoms with Gasteiger partial charge in [0, 0.05) is 51.4 Å². The highest BCUT2D eigenvalue weighted by Crippen LogP contribution is 2.07. The summed E-state index contributed by atoms with van der Waals surface area (Å²) >= 11 is 0. The van der Waals surface area contributed by atoms with Crippen molar-refractivity contribution >= 4 is 0 Å². The summed E-state index contributed by atoms with van der Waals surface area (Å²) in [5.74, 6) is 0. The molecule has 0 saturated carbocycles. The molecule has 0 aromatic carbocycles. The first-order chi connectivity index (χ1) is 6.69. The van der Waals surface area contributed by atoms with E-state index in [0.29, 0.717) is 12.1 Å². The maximum atomic E-state index is 5.65. The van der Waals surface area contributed by atoms with Crippen molar-refractivity contribution in [3.63, 3.8) is 0 Å². The topological polar surface area (TPSA) is 58.5 Å². The van der Waals surface area contributed by atoms with Gasteiger partial charge in [-0.3, -0.25) is 9.80 Å². The molecule has 0 aromatic heterocycles. The maximum absolute atomic E-state index is 5.65. The van der Waals surface area contributed by atoms with Crippen molar-refractivity contribution in [2.45, 2.75) is 25.9 Å². The smallest absolute Gasteiger partial charge is 0.0191 e. The summed E-state index contributed by atoms with van der Waals surface area (Å²) in [5.41, 5.74) is 11.3. The molecule has 1 heterocycles. The van der Waals surface area contributed by atoms with Crippen LogP contribution in [0.1, 0.15) is 13.8 Å². The van der Waals surface area contributed by atoms with Crippen LogP contribution in [0.4, 0.5) is 0 Å². The third kappa shape index (κ3) is 2.92. The summed E-state index contributed by atoms with van der Waals surface area (Å²) in [6.45, 7) is 10.4. The second-order valence-corrected chi connectivity index (χ2v) is 4.24. The van der Waals surface area contributed by atoms with Gasteiger partial charge in [0.1, 0.15) is 0 Å². The third-order valence-electron chi connectivity index (χ3n) is 3.28. The van der Waals surface area contributed by atoms with Crippen LogP contribution in [0.25, 0.3) is 0 Å². The summed E-state index contributed by atoms with van der Waals surface area (Å²) in [7, 11) is 0. The lowest BCUT2D eigenvalue weighted by Gasteiger charge is -2.40. The summed E-state index contributed by atoms with van der Waals surface area (Å²) < 4.78 is 0. The predicted molar refractivity (Wildman–Crippen MR) is 60.2 cm³/mol. The zero-order valence-corrected chi connectivity index (χ0v) is 9.45. The lowest BCUT2D eigenvalue weighted by atomic mass is 10.2. The molecule has 1 aliphatic rings. The fourth-order valence-electron chi connectivity index (χ4n) is 1.92. The maximum Gasteiger partial charge on any atom is 0.0191 e. The summed E-state index contributed by atoms with van der Waals surface area (Å²) in [4.78, 5) is 4.92. The van der Waals surface area contributed by atoms with Gasteiger partial charge in [-0.2, -0.15) is 0 Å². The highest BCUT2D eigenvalue weighted by molar-refractivity contribution is 4.79. The van der Waals surface area contributed by atoms with Crippen molar-refractivity contribution in [2.75, 3.05) is 39.3 Å². The van der Waals surface area contributed by atoms with E-state index in [1.165, 1.54) is 0 Å². The van der Waals surface area contributed by atoms with E-state index in [-0.39, 0.29) is 0 Å². The first kappa shape index (κ1) is 11.9. The Labute approximate surface area is 87.2 Å². The Hall–Kier alpha value is -0.160. The summed E-state index contributed by atoms with van der Waals surface area (Å²) in [6.07, 6.45) is 0. The Morgan fingerprint density at radius 1 is 0.857 bits per heavy atom. The standard InChI is InChI=1S/C10H24N4/c1-9(7-11)13-3-5-14(6-4-13)10(2)8-12/h9-10H,3-8,11-12H2,1-2H3. The van der Waals surface area contributed by atoms with E-state index < -0.39 is 0 Å². The molecule has 0 amide bonds. The molecule has 4 N–H and O–H groups in total. The molecule has 84 valence electrons. The Morgan fingerprint density at radius 2 is 1.14 bits per heavy atom. The molecule has 2 unspecified atom stereocenters. The highest BCUT2D eigenvalue weighted by Gasteiger charge is 2.22.